The lowest BCUT2D eigenvalue weighted by Gasteiger charge is -2.10. The fourth-order valence-corrected chi connectivity index (χ4v) is 0.456. The molecule has 0 amide bonds. The first-order valence-corrected chi connectivity index (χ1v) is 3.33. The first-order valence-electron chi connectivity index (χ1n) is 3.33. The Hall–Kier alpha value is -0.480. The molecule has 0 aliphatic rings. The maximum absolute atomic E-state index is 5.70. The van der Waals surface area contributed by atoms with E-state index in [0.29, 0.717) is 5.92 Å². The van der Waals surface area contributed by atoms with Crippen molar-refractivity contribution < 1.29 is 0 Å². The predicted molar refractivity (Wildman–Crippen MR) is 40.9 cm³/mol. The summed E-state index contributed by atoms with van der Waals surface area (Å²) < 4.78 is 0. The van der Waals surface area contributed by atoms with Crippen molar-refractivity contribution in [2.75, 3.05) is 0 Å². The highest BCUT2D eigenvalue weighted by Crippen LogP contribution is 2.00. The molecule has 0 rings (SSSR count). The van der Waals surface area contributed by atoms with Gasteiger partial charge in [0.1, 0.15) is 0 Å². The van der Waals surface area contributed by atoms with Crippen molar-refractivity contribution in [2.24, 2.45) is 11.7 Å². The average Bonchev–Trinajstić information content (AvgIpc) is 1.82. The van der Waals surface area contributed by atoms with E-state index < -0.39 is 0 Å². The zero-order valence-electron chi connectivity index (χ0n) is 6.44. The van der Waals surface area contributed by atoms with Crippen LogP contribution in [0, 0.1) is 17.8 Å². The second-order valence-corrected chi connectivity index (χ2v) is 2.54. The van der Waals surface area contributed by atoms with Crippen LogP contribution in [0.5, 0.6) is 0 Å². The predicted octanol–water partition coefficient (Wildman–Crippen LogP) is 1.38. The van der Waals surface area contributed by atoms with E-state index in [1.165, 1.54) is 0 Å². The fraction of sp³-hybridized carbons (Fsp3) is 0.750. The molecule has 0 aliphatic heterocycles. The molecule has 0 saturated heterocycles. The maximum atomic E-state index is 5.70. The van der Waals surface area contributed by atoms with Gasteiger partial charge in [0, 0.05) is 12.5 Å². The van der Waals surface area contributed by atoms with Crippen molar-refractivity contribution in [1.82, 2.24) is 0 Å². The van der Waals surface area contributed by atoms with Gasteiger partial charge in [0.15, 0.2) is 0 Å². The van der Waals surface area contributed by atoms with Gasteiger partial charge in [-0.25, -0.2) is 0 Å². The summed E-state index contributed by atoms with van der Waals surface area (Å²) in [7, 11) is 0. The lowest BCUT2D eigenvalue weighted by Crippen LogP contribution is -2.25. The lowest BCUT2D eigenvalue weighted by molar-refractivity contribution is 0.502. The van der Waals surface area contributed by atoms with Gasteiger partial charge in [-0.3, -0.25) is 0 Å². The van der Waals surface area contributed by atoms with Crippen LogP contribution >= 0.6 is 0 Å². The van der Waals surface area contributed by atoms with Gasteiger partial charge in [0.05, 0.1) is 0 Å². The highest BCUT2D eigenvalue weighted by atomic mass is 14.6. The van der Waals surface area contributed by atoms with E-state index in [4.69, 9.17) is 5.73 Å². The summed E-state index contributed by atoms with van der Waals surface area (Å²) in [6.45, 7) is 6.07. The van der Waals surface area contributed by atoms with Crippen molar-refractivity contribution in [3.63, 3.8) is 0 Å². The van der Waals surface area contributed by atoms with Crippen LogP contribution in [0.3, 0.4) is 0 Å². The third-order valence-corrected chi connectivity index (χ3v) is 1.37. The van der Waals surface area contributed by atoms with Gasteiger partial charge in [0.2, 0.25) is 0 Å². The molecule has 0 heterocycles. The Bertz CT molecular complexity index is 116. The monoisotopic (exact) mass is 125 g/mol. The van der Waals surface area contributed by atoms with Crippen molar-refractivity contribution in [3.8, 4) is 11.8 Å². The van der Waals surface area contributed by atoms with Crippen LogP contribution in [0.15, 0.2) is 0 Å². The summed E-state index contributed by atoms with van der Waals surface area (Å²) in [4.78, 5) is 0. The molecule has 1 unspecified atom stereocenters. The molecule has 0 radical (unpaired) electrons. The molecule has 0 aromatic heterocycles. The molecule has 0 aromatic rings. The van der Waals surface area contributed by atoms with Crippen LogP contribution in [0.1, 0.15) is 27.2 Å². The summed E-state index contributed by atoms with van der Waals surface area (Å²) >= 11 is 0. The molecule has 52 valence electrons. The van der Waals surface area contributed by atoms with Crippen LogP contribution in [0.25, 0.3) is 0 Å². The smallest absolute Gasteiger partial charge is 0.0243 e. The molecule has 9 heavy (non-hydrogen) atoms. The molecule has 1 atom stereocenters. The Morgan fingerprint density at radius 3 is 2.33 bits per heavy atom. The molecular formula is C8H15N. The second kappa shape index (κ2) is 4.40. The zero-order valence-corrected chi connectivity index (χ0v) is 6.44. The van der Waals surface area contributed by atoms with E-state index in [0.717, 1.165) is 6.42 Å². The number of hydrogen-bond donors (Lipinski definition) is 1. The van der Waals surface area contributed by atoms with Crippen LogP contribution in [0.2, 0.25) is 0 Å². The number of rotatable bonds is 2. The van der Waals surface area contributed by atoms with Gasteiger partial charge in [-0.15, -0.1) is 11.8 Å². The third kappa shape index (κ3) is 4.05. The topological polar surface area (TPSA) is 26.0 Å². The van der Waals surface area contributed by atoms with Gasteiger partial charge in [-0.05, 0) is 12.8 Å². The lowest BCUT2D eigenvalue weighted by atomic mass is 10.0. The summed E-state index contributed by atoms with van der Waals surface area (Å²) in [5, 5.41) is 0. The van der Waals surface area contributed by atoms with Crippen molar-refractivity contribution >= 4 is 0 Å². The average molecular weight is 125 g/mol. The quantitative estimate of drug-likeness (QED) is 0.554. The Labute approximate surface area is 57.6 Å². The van der Waals surface area contributed by atoms with Gasteiger partial charge < -0.3 is 5.73 Å². The molecule has 1 heteroatoms. The number of nitrogens with two attached hydrogens (primary N) is 1. The molecule has 0 bridgehead atoms. The Morgan fingerprint density at radius 2 is 2.00 bits per heavy atom. The minimum absolute atomic E-state index is 0.248. The first-order chi connectivity index (χ1) is 4.18. The summed E-state index contributed by atoms with van der Waals surface area (Å²) in [6, 6.07) is 0.248. The van der Waals surface area contributed by atoms with E-state index in [1.54, 1.807) is 0 Å². The Kier molecular flexibility index (Phi) is 4.17. The van der Waals surface area contributed by atoms with Crippen LogP contribution < -0.4 is 5.73 Å². The molecular weight excluding hydrogens is 110 g/mol. The minimum Gasteiger partial charge on any atom is -0.327 e. The molecule has 0 saturated carbocycles. The highest BCUT2D eigenvalue weighted by molar-refractivity contribution is 4.97. The van der Waals surface area contributed by atoms with Gasteiger partial charge in [-0.1, -0.05) is 13.8 Å². The Morgan fingerprint density at radius 1 is 1.44 bits per heavy atom. The van der Waals surface area contributed by atoms with Crippen molar-refractivity contribution in [1.29, 1.82) is 0 Å². The second-order valence-electron chi connectivity index (χ2n) is 2.54. The zero-order chi connectivity index (χ0) is 7.28. The van der Waals surface area contributed by atoms with E-state index in [-0.39, 0.29) is 6.04 Å². The van der Waals surface area contributed by atoms with Gasteiger partial charge in [-0.2, -0.15) is 0 Å². The van der Waals surface area contributed by atoms with Crippen molar-refractivity contribution in [2.45, 2.75) is 33.2 Å². The molecule has 0 fully saturated rings. The largest absolute Gasteiger partial charge is 0.327 e. The normalized spacial score (nSPS) is 12.6. The first kappa shape index (κ1) is 8.52. The standard InChI is InChI=1S/C8H15N/c1-4-5-6-8(9)7(2)3/h7-8H,6,9H2,1-3H3. The van der Waals surface area contributed by atoms with Gasteiger partial charge >= 0.3 is 0 Å². The maximum Gasteiger partial charge on any atom is 0.0243 e. The van der Waals surface area contributed by atoms with Crippen LogP contribution in [-0.4, -0.2) is 6.04 Å². The molecule has 1 nitrogen and oxygen atoms in total. The SMILES string of the molecule is CC#CCC(N)C(C)C. The molecule has 0 spiro atoms. The van der Waals surface area contributed by atoms with Crippen molar-refractivity contribution in [3.05, 3.63) is 0 Å². The summed E-state index contributed by atoms with van der Waals surface area (Å²) in [5.41, 5.74) is 5.70. The van der Waals surface area contributed by atoms with E-state index in [1.807, 2.05) is 6.92 Å². The van der Waals surface area contributed by atoms with E-state index >= 15 is 0 Å². The molecule has 0 aromatic carbocycles. The third-order valence-electron chi connectivity index (χ3n) is 1.37. The Balaban J connectivity index is 3.46. The molecule has 2 N–H and O–H groups in total. The summed E-state index contributed by atoms with van der Waals surface area (Å²) in [6.07, 6.45) is 0.828. The summed E-state index contributed by atoms with van der Waals surface area (Å²) in [5.74, 6) is 6.32. The van der Waals surface area contributed by atoms with Gasteiger partial charge in [0.25, 0.3) is 0 Å². The minimum atomic E-state index is 0.248. The molecule has 0 aliphatic carbocycles. The number of hydrogen-bond acceptors (Lipinski definition) is 1. The fourth-order valence-electron chi connectivity index (χ4n) is 0.456. The highest BCUT2D eigenvalue weighted by Gasteiger charge is 2.03. The van der Waals surface area contributed by atoms with E-state index in [2.05, 4.69) is 25.7 Å². The van der Waals surface area contributed by atoms with Crippen LogP contribution in [0.4, 0.5) is 0 Å². The van der Waals surface area contributed by atoms with E-state index in [9.17, 15) is 0 Å². The van der Waals surface area contributed by atoms with Crippen LogP contribution in [-0.2, 0) is 0 Å².